The van der Waals surface area contributed by atoms with Crippen LogP contribution in [-0.4, -0.2) is 37.0 Å². The number of allylic oxidation sites excluding steroid dienone is 2. The summed E-state index contributed by atoms with van der Waals surface area (Å²) in [7, 11) is 1.91. The number of esters is 1. The summed E-state index contributed by atoms with van der Waals surface area (Å²) in [5.41, 5.74) is 2.42. The molecule has 4 heteroatoms. The Morgan fingerprint density at radius 2 is 1.62 bits per heavy atom. The van der Waals surface area contributed by atoms with Crippen molar-refractivity contribution in [2.45, 2.75) is 125 Å². The van der Waals surface area contributed by atoms with E-state index in [1.165, 1.54) is 51.9 Å². The Labute approximate surface area is 226 Å². The minimum Gasteiger partial charge on any atom is -0.465 e. The third-order valence-electron chi connectivity index (χ3n) is 13.5. The highest BCUT2D eigenvalue weighted by Crippen LogP contribution is 2.70. The molecule has 1 N–H and O–H groups in total. The summed E-state index contributed by atoms with van der Waals surface area (Å²) in [4.78, 5) is 11.7. The third-order valence-corrected chi connectivity index (χ3v) is 13.5. The maximum Gasteiger partial charge on any atom is 0.302 e. The number of ether oxygens (including phenoxy) is 2. The van der Waals surface area contributed by atoms with Gasteiger partial charge >= 0.3 is 5.97 Å². The van der Waals surface area contributed by atoms with Crippen molar-refractivity contribution in [3.63, 3.8) is 0 Å². The molecule has 10 atom stereocenters. The second-order valence-corrected chi connectivity index (χ2v) is 15.6. The van der Waals surface area contributed by atoms with E-state index in [1.807, 2.05) is 7.11 Å². The fourth-order valence-electron chi connectivity index (χ4n) is 11.6. The Kier molecular flexibility index (Phi) is 6.80. The first-order valence-corrected chi connectivity index (χ1v) is 15.3. The first kappa shape index (κ1) is 27.7. The van der Waals surface area contributed by atoms with Crippen molar-refractivity contribution in [1.29, 1.82) is 0 Å². The van der Waals surface area contributed by atoms with Crippen LogP contribution in [0.4, 0.5) is 0 Å². The lowest BCUT2D eigenvalue weighted by molar-refractivity contribution is -0.178. The predicted octanol–water partition coefficient (Wildman–Crippen LogP) is 7.34. The van der Waals surface area contributed by atoms with Crippen LogP contribution < -0.4 is 0 Å². The van der Waals surface area contributed by atoms with E-state index in [1.54, 1.807) is 5.57 Å². The summed E-state index contributed by atoms with van der Waals surface area (Å²) < 4.78 is 11.6. The smallest absolute Gasteiger partial charge is 0.302 e. The number of hydrogen-bond donors (Lipinski definition) is 1. The number of carbonyl (C=O) groups is 1. The molecule has 0 amide bonds. The number of carbonyl (C=O) groups excluding carboxylic acids is 1. The van der Waals surface area contributed by atoms with E-state index >= 15 is 0 Å². The number of aliphatic hydroxyl groups is 1. The summed E-state index contributed by atoms with van der Waals surface area (Å²) in [6, 6.07) is 0. The van der Waals surface area contributed by atoms with Gasteiger partial charge in [-0.25, -0.2) is 0 Å². The van der Waals surface area contributed by atoms with E-state index in [0.29, 0.717) is 41.3 Å². The molecule has 0 aromatic rings. The number of fused-ring (bicyclic) bond motifs is 6. The van der Waals surface area contributed by atoms with Crippen LogP contribution in [-0.2, 0) is 14.3 Å². The first-order valence-electron chi connectivity index (χ1n) is 15.3. The fourth-order valence-corrected chi connectivity index (χ4v) is 11.6. The largest absolute Gasteiger partial charge is 0.465 e. The van der Waals surface area contributed by atoms with Crippen LogP contribution in [0.2, 0.25) is 0 Å². The molecule has 4 fully saturated rings. The van der Waals surface area contributed by atoms with Crippen molar-refractivity contribution in [3.8, 4) is 0 Å². The van der Waals surface area contributed by atoms with Crippen LogP contribution in [0.25, 0.3) is 0 Å². The molecule has 5 rings (SSSR count). The Balaban J connectivity index is 1.47. The molecule has 10 unspecified atom stereocenters. The first-order chi connectivity index (χ1) is 17.2. The number of methoxy groups -OCH3 is 1. The molecule has 0 saturated heterocycles. The highest BCUT2D eigenvalue weighted by atomic mass is 16.5. The van der Waals surface area contributed by atoms with E-state index in [9.17, 15) is 9.90 Å². The van der Waals surface area contributed by atoms with Gasteiger partial charge in [0.25, 0.3) is 0 Å². The number of hydrogen-bond acceptors (Lipinski definition) is 4. The van der Waals surface area contributed by atoms with E-state index in [0.717, 1.165) is 25.2 Å². The van der Waals surface area contributed by atoms with Crippen molar-refractivity contribution in [1.82, 2.24) is 0 Å². The highest BCUT2D eigenvalue weighted by Gasteiger charge is 2.63. The Morgan fingerprint density at radius 1 is 0.919 bits per heavy atom. The van der Waals surface area contributed by atoms with Crippen LogP contribution in [0.15, 0.2) is 11.6 Å². The van der Waals surface area contributed by atoms with Gasteiger partial charge in [0.05, 0.1) is 18.8 Å². The fraction of sp³-hybridized carbons (Fsp3) is 0.909. The third kappa shape index (κ3) is 4.00. The molecule has 4 saturated carbocycles. The van der Waals surface area contributed by atoms with Gasteiger partial charge in [-0.05, 0) is 110 Å². The van der Waals surface area contributed by atoms with Gasteiger partial charge in [-0.2, -0.15) is 0 Å². The minimum absolute atomic E-state index is 0.148. The SMILES string of the molecule is COC1CCC2(C)C3CCC4C(=CCC5C(C)(COC(C)=O)C(O)CCC45C)CC3(C)CCC2C1(C)C. The maximum atomic E-state index is 11.7. The van der Waals surface area contributed by atoms with Crippen molar-refractivity contribution >= 4 is 5.97 Å². The average Bonchev–Trinajstić information content (AvgIpc) is 2.97. The van der Waals surface area contributed by atoms with Crippen LogP contribution in [0.3, 0.4) is 0 Å². The molecule has 0 bridgehead atoms. The van der Waals surface area contributed by atoms with Crippen molar-refractivity contribution in [2.24, 2.45) is 50.7 Å². The Morgan fingerprint density at radius 3 is 2.30 bits per heavy atom. The van der Waals surface area contributed by atoms with Crippen molar-refractivity contribution in [2.75, 3.05) is 13.7 Å². The lowest BCUT2D eigenvalue weighted by Gasteiger charge is -2.64. The Bertz CT molecular complexity index is 939. The van der Waals surface area contributed by atoms with Gasteiger partial charge in [-0.3, -0.25) is 4.79 Å². The van der Waals surface area contributed by atoms with E-state index in [4.69, 9.17) is 9.47 Å². The summed E-state index contributed by atoms with van der Waals surface area (Å²) >= 11 is 0. The summed E-state index contributed by atoms with van der Waals surface area (Å²) in [5.74, 6) is 2.12. The van der Waals surface area contributed by atoms with Gasteiger partial charge in [0.1, 0.15) is 0 Å². The zero-order valence-corrected chi connectivity index (χ0v) is 25.0. The quantitative estimate of drug-likeness (QED) is 0.316. The summed E-state index contributed by atoms with van der Waals surface area (Å²) in [6.07, 6.45) is 14.3. The van der Waals surface area contributed by atoms with Gasteiger partial charge in [-0.1, -0.05) is 53.2 Å². The molecule has 210 valence electrons. The molecule has 5 aliphatic rings. The molecule has 0 heterocycles. The molecule has 0 radical (unpaired) electrons. The van der Waals surface area contributed by atoms with Gasteiger partial charge in [0.15, 0.2) is 0 Å². The summed E-state index contributed by atoms with van der Waals surface area (Å²) in [6.45, 7) is 16.7. The van der Waals surface area contributed by atoms with E-state index in [-0.39, 0.29) is 22.2 Å². The lowest BCUT2D eigenvalue weighted by atomic mass is 9.42. The standard InChI is InChI=1S/C33H54O4/c1-21(34)37-20-33(7)26-11-9-22-19-30(4)16-13-24-29(2,3)28(36-8)15-18-32(24,6)25(30)12-10-23(22)31(26,5)17-14-27(33)35/h9,23-28,35H,10-20H2,1-8H3. The lowest BCUT2D eigenvalue weighted by Crippen LogP contribution is -2.58. The minimum atomic E-state index is -0.413. The van der Waals surface area contributed by atoms with Crippen LogP contribution in [0.5, 0.6) is 0 Å². The topological polar surface area (TPSA) is 55.8 Å². The maximum absolute atomic E-state index is 11.7. The normalized spacial score (nSPS) is 50.9. The summed E-state index contributed by atoms with van der Waals surface area (Å²) in [5, 5.41) is 11.2. The molecule has 0 spiro atoms. The van der Waals surface area contributed by atoms with Gasteiger partial charge in [0.2, 0.25) is 0 Å². The molecular formula is C33H54O4. The number of rotatable bonds is 3. The van der Waals surface area contributed by atoms with Crippen molar-refractivity contribution < 1.29 is 19.4 Å². The van der Waals surface area contributed by atoms with E-state index < -0.39 is 6.10 Å². The molecule has 0 aromatic carbocycles. The molecule has 37 heavy (non-hydrogen) atoms. The highest BCUT2D eigenvalue weighted by molar-refractivity contribution is 5.65. The van der Waals surface area contributed by atoms with Gasteiger partial charge < -0.3 is 14.6 Å². The van der Waals surface area contributed by atoms with Gasteiger partial charge in [-0.15, -0.1) is 0 Å². The molecule has 0 aliphatic heterocycles. The van der Waals surface area contributed by atoms with Crippen LogP contribution in [0, 0.1) is 50.7 Å². The average molecular weight is 515 g/mol. The van der Waals surface area contributed by atoms with Crippen molar-refractivity contribution in [3.05, 3.63) is 11.6 Å². The second kappa shape index (κ2) is 9.08. The van der Waals surface area contributed by atoms with Gasteiger partial charge in [0, 0.05) is 19.4 Å². The second-order valence-electron chi connectivity index (χ2n) is 15.6. The zero-order valence-electron chi connectivity index (χ0n) is 25.0. The zero-order chi connectivity index (χ0) is 27.0. The van der Waals surface area contributed by atoms with Crippen LogP contribution in [0.1, 0.15) is 113 Å². The molecule has 0 aromatic heterocycles. The molecule has 5 aliphatic carbocycles. The Hall–Kier alpha value is -0.870. The van der Waals surface area contributed by atoms with E-state index in [2.05, 4.69) is 47.6 Å². The number of aliphatic hydroxyl groups excluding tert-OH is 1. The predicted molar refractivity (Wildman–Crippen MR) is 148 cm³/mol. The molecule has 4 nitrogen and oxygen atoms in total. The van der Waals surface area contributed by atoms with Crippen LogP contribution >= 0.6 is 0 Å². The monoisotopic (exact) mass is 514 g/mol. The molecular weight excluding hydrogens is 460 g/mol.